The van der Waals surface area contributed by atoms with Crippen LogP contribution >= 0.6 is 0 Å². The van der Waals surface area contributed by atoms with Gasteiger partial charge >= 0.3 is 0 Å². The van der Waals surface area contributed by atoms with Crippen molar-refractivity contribution in [3.63, 3.8) is 0 Å². The van der Waals surface area contributed by atoms with Crippen LogP contribution in [0.25, 0.3) is 5.69 Å². The first-order valence-electron chi connectivity index (χ1n) is 8.38. The Hall–Kier alpha value is -2.17. The van der Waals surface area contributed by atoms with Gasteiger partial charge in [-0.25, -0.2) is 9.67 Å². The summed E-state index contributed by atoms with van der Waals surface area (Å²) in [4.78, 5) is 18.5. The summed E-state index contributed by atoms with van der Waals surface area (Å²) in [5, 5.41) is 4.13. The van der Waals surface area contributed by atoms with Crippen molar-refractivity contribution in [3.8, 4) is 5.69 Å². The van der Waals surface area contributed by atoms with Gasteiger partial charge in [0.1, 0.15) is 12.7 Å². The summed E-state index contributed by atoms with van der Waals surface area (Å²) in [6.45, 7) is 2.09. The van der Waals surface area contributed by atoms with Crippen molar-refractivity contribution in [1.29, 1.82) is 0 Å². The van der Waals surface area contributed by atoms with E-state index in [0.717, 1.165) is 24.1 Å². The molecule has 3 rings (SSSR count). The molecule has 23 heavy (non-hydrogen) atoms. The second-order valence-electron chi connectivity index (χ2n) is 6.39. The number of hydrogen-bond donors (Lipinski definition) is 0. The summed E-state index contributed by atoms with van der Waals surface area (Å²) in [6.07, 6.45) is 8.93. The van der Waals surface area contributed by atoms with Crippen molar-refractivity contribution in [2.45, 2.75) is 45.1 Å². The summed E-state index contributed by atoms with van der Waals surface area (Å²) in [7, 11) is 1.92. The summed E-state index contributed by atoms with van der Waals surface area (Å²) < 4.78 is 1.73. The molecule has 122 valence electrons. The van der Waals surface area contributed by atoms with E-state index in [4.69, 9.17) is 0 Å². The van der Waals surface area contributed by atoms with Crippen molar-refractivity contribution in [2.75, 3.05) is 7.05 Å². The SMILES string of the molecule is C[C@H](c1ccc(-n2cncn2)cc1)N(C)C(=O)C1CCCCC1. The van der Waals surface area contributed by atoms with E-state index in [1.807, 2.05) is 24.1 Å². The molecule has 1 amide bonds. The highest BCUT2D eigenvalue weighted by Crippen LogP contribution is 2.28. The maximum atomic E-state index is 12.7. The number of carbonyl (C=O) groups is 1. The Morgan fingerprint density at radius 3 is 2.52 bits per heavy atom. The van der Waals surface area contributed by atoms with Crippen LogP contribution in [0.5, 0.6) is 0 Å². The summed E-state index contributed by atoms with van der Waals surface area (Å²) in [5.41, 5.74) is 2.11. The predicted molar refractivity (Wildman–Crippen MR) is 89.1 cm³/mol. The quantitative estimate of drug-likeness (QED) is 0.870. The van der Waals surface area contributed by atoms with Gasteiger partial charge in [-0.05, 0) is 37.5 Å². The summed E-state index contributed by atoms with van der Waals surface area (Å²) in [6, 6.07) is 8.23. The fourth-order valence-electron chi connectivity index (χ4n) is 3.30. The first-order chi connectivity index (χ1) is 11.2. The second kappa shape index (κ2) is 6.94. The maximum Gasteiger partial charge on any atom is 0.225 e. The first-order valence-corrected chi connectivity index (χ1v) is 8.38. The molecule has 0 spiro atoms. The Morgan fingerprint density at radius 2 is 1.91 bits per heavy atom. The lowest BCUT2D eigenvalue weighted by atomic mass is 9.88. The van der Waals surface area contributed by atoms with Gasteiger partial charge in [0.05, 0.1) is 11.7 Å². The minimum absolute atomic E-state index is 0.0780. The molecular formula is C18H24N4O. The van der Waals surface area contributed by atoms with Crippen molar-refractivity contribution in [2.24, 2.45) is 5.92 Å². The zero-order chi connectivity index (χ0) is 16.2. The highest BCUT2D eigenvalue weighted by atomic mass is 16.2. The molecule has 1 aromatic carbocycles. The van der Waals surface area contributed by atoms with Crippen LogP contribution in [0, 0.1) is 5.92 Å². The molecule has 1 heterocycles. The third-order valence-electron chi connectivity index (χ3n) is 4.94. The normalized spacial score (nSPS) is 17.0. The number of amides is 1. The van der Waals surface area contributed by atoms with Gasteiger partial charge in [0, 0.05) is 13.0 Å². The standard InChI is InChI=1S/C18H24N4O/c1-14(21(2)18(23)16-6-4-3-5-7-16)15-8-10-17(11-9-15)22-13-19-12-20-22/h8-14,16H,3-7H2,1-2H3/t14-/m1/s1. The maximum absolute atomic E-state index is 12.7. The van der Waals surface area contributed by atoms with Gasteiger partial charge in [0.2, 0.25) is 5.91 Å². The Labute approximate surface area is 137 Å². The van der Waals surface area contributed by atoms with Crippen LogP contribution in [0.1, 0.15) is 50.6 Å². The Morgan fingerprint density at radius 1 is 1.22 bits per heavy atom. The molecule has 5 nitrogen and oxygen atoms in total. The molecule has 0 N–H and O–H groups in total. The molecule has 0 unspecified atom stereocenters. The van der Waals surface area contributed by atoms with Crippen LogP contribution in [0.4, 0.5) is 0 Å². The number of nitrogens with zero attached hydrogens (tertiary/aromatic N) is 4. The van der Waals surface area contributed by atoms with Crippen molar-refractivity contribution < 1.29 is 4.79 Å². The molecule has 1 aliphatic carbocycles. The van der Waals surface area contributed by atoms with Gasteiger partial charge in [-0.2, -0.15) is 5.10 Å². The van der Waals surface area contributed by atoms with Crippen LogP contribution in [0.2, 0.25) is 0 Å². The van der Waals surface area contributed by atoms with E-state index < -0.39 is 0 Å². The highest BCUT2D eigenvalue weighted by Gasteiger charge is 2.26. The third-order valence-corrected chi connectivity index (χ3v) is 4.94. The lowest BCUT2D eigenvalue weighted by Gasteiger charge is -2.31. The minimum Gasteiger partial charge on any atom is -0.339 e. The van der Waals surface area contributed by atoms with E-state index >= 15 is 0 Å². The van der Waals surface area contributed by atoms with E-state index in [2.05, 4.69) is 29.1 Å². The Bertz CT molecular complexity index is 630. The molecule has 0 bridgehead atoms. The number of hydrogen-bond acceptors (Lipinski definition) is 3. The molecule has 1 saturated carbocycles. The molecule has 5 heteroatoms. The molecule has 1 fully saturated rings. The predicted octanol–water partition coefficient (Wildman–Crippen LogP) is 3.37. The van der Waals surface area contributed by atoms with Gasteiger partial charge in [-0.3, -0.25) is 4.79 Å². The largest absolute Gasteiger partial charge is 0.339 e. The van der Waals surface area contributed by atoms with Crippen LogP contribution < -0.4 is 0 Å². The smallest absolute Gasteiger partial charge is 0.225 e. The van der Waals surface area contributed by atoms with Gasteiger partial charge in [0.25, 0.3) is 0 Å². The van der Waals surface area contributed by atoms with Crippen LogP contribution in [0.3, 0.4) is 0 Å². The average Bonchev–Trinajstić information content (AvgIpc) is 3.15. The second-order valence-corrected chi connectivity index (χ2v) is 6.39. The zero-order valence-electron chi connectivity index (χ0n) is 13.9. The number of rotatable bonds is 4. The summed E-state index contributed by atoms with van der Waals surface area (Å²) in [5.74, 6) is 0.503. The topological polar surface area (TPSA) is 51.0 Å². The molecule has 1 aromatic heterocycles. The zero-order valence-corrected chi connectivity index (χ0v) is 13.9. The molecular weight excluding hydrogens is 288 g/mol. The van der Waals surface area contributed by atoms with E-state index in [-0.39, 0.29) is 17.9 Å². The van der Waals surface area contributed by atoms with Gasteiger partial charge in [0.15, 0.2) is 0 Å². The number of carbonyl (C=O) groups excluding carboxylic acids is 1. The highest BCUT2D eigenvalue weighted by molar-refractivity contribution is 5.79. The van der Waals surface area contributed by atoms with Crippen molar-refractivity contribution in [3.05, 3.63) is 42.5 Å². The fourth-order valence-corrected chi connectivity index (χ4v) is 3.30. The minimum atomic E-state index is 0.0780. The van der Waals surface area contributed by atoms with Crippen LogP contribution in [0.15, 0.2) is 36.9 Å². The van der Waals surface area contributed by atoms with Gasteiger partial charge < -0.3 is 4.90 Å². The number of benzene rings is 1. The number of aromatic nitrogens is 3. The Balaban J connectivity index is 1.69. The monoisotopic (exact) mass is 312 g/mol. The van der Waals surface area contributed by atoms with Crippen molar-refractivity contribution in [1.82, 2.24) is 19.7 Å². The summed E-state index contributed by atoms with van der Waals surface area (Å²) >= 11 is 0. The molecule has 1 aliphatic rings. The average molecular weight is 312 g/mol. The third kappa shape index (κ3) is 3.44. The van der Waals surface area contributed by atoms with E-state index in [9.17, 15) is 4.79 Å². The fraction of sp³-hybridized carbons (Fsp3) is 0.500. The van der Waals surface area contributed by atoms with E-state index in [1.54, 1.807) is 11.0 Å². The first kappa shape index (κ1) is 15.7. The van der Waals surface area contributed by atoms with Crippen LogP contribution in [-0.2, 0) is 4.79 Å². The van der Waals surface area contributed by atoms with E-state index in [0.29, 0.717) is 0 Å². The van der Waals surface area contributed by atoms with Crippen LogP contribution in [-0.4, -0.2) is 32.6 Å². The molecule has 0 saturated heterocycles. The van der Waals surface area contributed by atoms with E-state index in [1.165, 1.54) is 25.6 Å². The van der Waals surface area contributed by atoms with Gasteiger partial charge in [-0.1, -0.05) is 31.4 Å². The Kier molecular flexibility index (Phi) is 4.74. The molecule has 2 aromatic rings. The van der Waals surface area contributed by atoms with Gasteiger partial charge in [-0.15, -0.1) is 0 Å². The van der Waals surface area contributed by atoms with Crippen molar-refractivity contribution >= 4 is 5.91 Å². The molecule has 1 atom stereocenters. The molecule has 0 radical (unpaired) electrons. The lowest BCUT2D eigenvalue weighted by Crippen LogP contribution is -2.35. The lowest BCUT2D eigenvalue weighted by molar-refractivity contribution is -0.137. The molecule has 0 aliphatic heterocycles.